The van der Waals surface area contributed by atoms with Crippen molar-refractivity contribution in [1.29, 1.82) is 0 Å². The monoisotopic (exact) mass is 421 g/mol. The summed E-state index contributed by atoms with van der Waals surface area (Å²) in [5, 5.41) is 0.789. The molecule has 1 fully saturated rings. The minimum absolute atomic E-state index is 0. The molecular formula is C16H25ClIN3. The molecule has 0 bridgehead atoms. The highest BCUT2D eigenvalue weighted by Gasteiger charge is 2.10. The van der Waals surface area contributed by atoms with Crippen LogP contribution < -0.4 is 5.73 Å². The van der Waals surface area contributed by atoms with Gasteiger partial charge in [0.05, 0.1) is 0 Å². The lowest BCUT2D eigenvalue weighted by Gasteiger charge is -2.21. The van der Waals surface area contributed by atoms with Gasteiger partial charge in [-0.2, -0.15) is 0 Å². The lowest BCUT2D eigenvalue weighted by Crippen LogP contribution is -2.38. The molecule has 1 heterocycles. The van der Waals surface area contributed by atoms with Crippen molar-refractivity contribution in [3.63, 3.8) is 0 Å². The number of nitrogens with zero attached hydrogens (tertiary/aromatic N) is 2. The fourth-order valence-corrected chi connectivity index (χ4v) is 2.65. The number of guanidine groups is 1. The van der Waals surface area contributed by atoms with Crippen LogP contribution in [0.5, 0.6) is 0 Å². The molecule has 2 N–H and O–H groups in total. The van der Waals surface area contributed by atoms with E-state index in [9.17, 15) is 0 Å². The van der Waals surface area contributed by atoms with Crippen molar-refractivity contribution in [3.05, 3.63) is 34.9 Å². The van der Waals surface area contributed by atoms with Crippen molar-refractivity contribution in [2.24, 2.45) is 10.7 Å². The SMILES string of the molecule is I.NC(=NCCCc1ccc(Cl)cc1)N1CCCCCC1. The van der Waals surface area contributed by atoms with Gasteiger partial charge < -0.3 is 10.6 Å². The molecule has 0 spiro atoms. The molecule has 2 rings (SSSR count). The molecule has 0 radical (unpaired) electrons. The van der Waals surface area contributed by atoms with Crippen LogP contribution in [0.2, 0.25) is 5.02 Å². The molecule has 0 saturated carbocycles. The van der Waals surface area contributed by atoms with Gasteiger partial charge in [-0.1, -0.05) is 36.6 Å². The van der Waals surface area contributed by atoms with Gasteiger partial charge in [-0.15, -0.1) is 24.0 Å². The molecule has 1 aliphatic heterocycles. The van der Waals surface area contributed by atoms with Gasteiger partial charge in [0.15, 0.2) is 5.96 Å². The highest BCUT2D eigenvalue weighted by molar-refractivity contribution is 14.0. The van der Waals surface area contributed by atoms with Gasteiger partial charge in [0.25, 0.3) is 0 Å². The largest absolute Gasteiger partial charge is 0.370 e. The van der Waals surface area contributed by atoms with E-state index in [1.807, 2.05) is 12.1 Å². The summed E-state index contributed by atoms with van der Waals surface area (Å²) < 4.78 is 0. The number of halogens is 2. The number of hydrogen-bond acceptors (Lipinski definition) is 1. The van der Waals surface area contributed by atoms with E-state index in [2.05, 4.69) is 22.0 Å². The second kappa shape index (κ2) is 10.3. The minimum atomic E-state index is 0. The fraction of sp³-hybridized carbons (Fsp3) is 0.562. The van der Waals surface area contributed by atoms with Crippen molar-refractivity contribution in [2.45, 2.75) is 38.5 Å². The fourth-order valence-electron chi connectivity index (χ4n) is 2.53. The maximum Gasteiger partial charge on any atom is 0.191 e. The molecule has 0 aliphatic carbocycles. The Labute approximate surface area is 150 Å². The summed E-state index contributed by atoms with van der Waals surface area (Å²) in [6.45, 7) is 2.92. The average Bonchev–Trinajstić information content (AvgIpc) is 2.74. The van der Waals surface area contributed by atoms with Crippen LogP contribution in [0.15, 0.2) is 29.3 Å². The lowest BCUT2D eigenvalue weighted by molar-refractivity contribution is 0.428. The predicted octanol–water partition coefficient (Wildman–Crippen LogP) is 4.08. The van der Waals surface area contributed by atoms with E-state index in [0.717, 1.165) is 43.5 Å². The first-order chi connectivity index (χ1) is 9.75. The van der Waals surface area contributed by atoms with Gasteiger partial charge in [-0.25, -0.2) is 0 Å². The Morgan fingerprint density at radius 1 is 1.10 bits per heavy atom. The number of rotatable bonds is 4. The smallest absolute Gasteiger partial charge is 0.191 e. The molecule has 1 aromatic rings. The first kappa shape index (κ1) is 18.6. The molecule has 1 aromatic carbocycles. The van der Waals surface area contributed by atoms with E-state index in [1.165, 1.54) is 31.2 Å². The molecular weight excluding hydrogens is 397 g/mol. The number of aryl methyl sites for hydroxylation is 1. The van der Waals surface area contributed by atoms with E-state index < -0.39 is 0 Å². The third-order valence-electron chi connectivity index (χ3n) is 3.74. The van der Waals surface area contributed by atoms with E-state index in [4.69, 9.17) is 17.3 Å². The van der Waals surface area contributed by atoms with Crippen molar-refractivity contribution >= 4 is 41.5 Å². The van der Waals surface area contributed by atoms with Crippen molar-refractivity contribution in [1.82, 2.24) is 4.90 Å². The van der Waals surface area contributed by atoms with Gasteiger partial charge in [-0.05, 0) is 43.4 Å². The minimum Gasteiger partial charge on any atom is -0.370 e. The van der Waals surface area contributed by atoms with Crippen LogP contribution >= 0.6 is 35.6 Å². The summed E-state index contributed by atoms with van der Waals surface area (Å²) in [5.41, 5.74) is 7.38. The number of aliphatic imine (C=N–C) groups is 1. The number of hydrogen-bond donors (Lipinski definition) is 1. The summed E-state index contributed by atoms with van der Waals surface area (Å²) in [5.74, 6) is 0.725. The van der Waals surface area contributed by atoms with Gasteiger partial charge in [0.1, 0.15) is 0 Å². The van der Waals surface area contributed by atoms with Crippen LogP contribution in [0.3, 0.4) is 0 Å². The Morgan fingerprint density at radius 3 is 2.33 bits per heavy atom. The number of nitrogens with two attached hydrogens (primary N) is 1. The van der Waals surface area contributed by atoms with E-state index in [0.29, 0.717) is 0 Å². The van der Waals surface area contributed by atoms with Crippen LogP contribution in [0.25, 0.3) is 0 Å². The second-order valence-corrected chi connectivity index (χ2v) is 5.81. The maximum atomic E-state index is 6.08. The molecule has 118 valence electrons. The number of likely N-dealkylation sites (tertiary alicyclic amines) is 1. The zero-order valence-electron chi connectivity index (χ0n) is 12.4. The molecule has 3 nitrogen and oxygen atoms in total. The van der Waals surface area contributed by atoms with Gasteiger partial charge in [0.2, 0.25) is 0 Å². The van der Waals surface area contributed by atoms with Gasteiger partial charge in [-0.3, -0.25) is 4.99 Å². The average molecular weight is 422 g/mol. The van der Waals surface area contributed by atoms with Crippen LogP contribution in [0.4, 0.5) is 0 Å². The Morgan fingerprint density at radius 2 is 1.71 bits per heavy atom. The molecule has 0 amide bonds. The Balaban J connectivity index is 0.00000220. The molecule has 0 aromatic heterocycles. The van der Waals surface area contributed by atoms with Crippen LogP contribution in [-0.4, -0.2) is 30.5 Å². The molecule has 0 unspecified atom stereocenters. The van der Waals surface area contributed by atoms with Crippen molar-refractivity contribution < 1.29 is 0 Å². The van der Waals surface area contributed by atoms with Crippen LogP contribution in [0.1, 0.15) is 37.7 Å². The summed E-state index contributed by atoms with van der Waals surface area (Å²) in [4.78, 5) is 6.75. The third-order valence-corrected chi connectivity index (χ3v) is 3.99. The Hall–Kier alpha value is -0.490. The molecule has 21 heavy (non-hydrogen) atoms. The summed E-state index contributed by atoms with van der Waals surface area (Å²) in [6.07, 6.45) is 7.16. The standard InChI is InChI=1S/C16H24ClN3.HI/c17-15-9-7-14(8-10-15)6-5-11-19-16(18)20-12-3-1-2-4-13-20;/h7-10H,1-6,11-13H2,(H2,18,19);1H. The van der Waals surface area contributed by atoms with Crippen molar-refractivity contribution in [3.8, 4) is 0 Å². The molecule has 0 atom stereocenters. The highest BCUT2D eigenvalue weighted by atomic mass is 127. The Kier molecular flexibility index (Phi) is 9.08. The predicted molar refractivity (Wildman–Crippen MR) is 102 cm³/mol. The zero-order chi connectivity index (χ0) is 14.2. The van der Waals surface area contributed by atoms with E-state index in [1.54, 1.807) is 0 Å². The van der Waals surface area contributed by atoms with E-state index >= 15 is 0 Å². The first-order valence-corrected chi connectivity index (χ1v) is 7.93. The molecule has 5 heteroatoms. The quantitative estimate of drug-likeness (QED) is 0.344. The van der Waals surface area contributed by atoms with Crippen LogP contribution in [0, 0.1) is 0 Å². The maximum absolute atomic E-state index is 6.08. The summed E-state index contributed by atoms with van der Waals surface area (Å²) in [6, 6.07) is 8.02. The Bertz CT molecular complexity index is 426. The second-order valence-electron chi connectivity index (χ2n) is 5.37. The van der Waals surface area contributed by atoms with Gasteiger partial charge >= 0.3 is 0 Å². The topological polar surface area (TPSA) is 41.6 Å². The molecule has 1 saturated heterocycles. The highest BCUT2D eigenvalue weighted by Crippen LogP contribution is 2.11. The number of benzene rings is 1. The van der Waals surface area contributed by atoms with E-state index in [-0.39, 0.29) is 24.0 Å². The van der Waals surface area contributed by atoms with Crippen LogP contribution in [-0.2, 0) is 6.42 Å². The third kappa shape index (κ3) is 6.87. The molecule has 1 aliphatic rings. The normalized spacial score (nSPS) is 16.2. The first-order valence-electron chi connectivity index (χ1n) is 7.55. The van der Waals surface area contributed by atoms with Gasteiger partial charge in [0, 0.05) is 24.7 Å². The lowest BCUT2D eigenvalue weighted by atomic mass is 10.1. The zero-order valence-corrected chi connectivity index (χ0v) is 15.5. The summed E-state index contributed by atoms with van der Waals surface area (Å²) in [7, 11) is 0. The van der Waals surface area contributed by atoms with Crippen molar-refractivity contribution in [2.75, 3.05) is 19.6 Å². The summed E-state index contributed by atoms with van der Waals surface area (Å²) >= 11 is 5.87.